The smallest absolute Gasteiger partial charge is 0.193 e. The molecular formula is C17H18BrNO. The van der Waals surface area contributed by atoms with E-state index in [-0.39, 0.29) is 11.8 Å². The maximum absolute atomic E-state index is 12.3. The summed E-state index contributed by atoms with van der Waals surface area (Å²) >= 11 is 3.36. The van der Waals surface area contributed by atoms with Gasteiger partial charge in [-0.05, 0) is 35.7 Å². The molecule has 0 aliphatic carbocycles. The monoisotopic (exact) mass is 331 g/mol. The SMILES string of the molecule is CC(C)[C@H](N)c1ccc(C(=O)c2ccc(Br)cc2)cc1. The molecule has 2 N–H and O–H groups in total. The lowest BCUT2D eigenvalue weighted by molar-refractivity contribution is 0.103. The van der Waals surface area contributed by atoms with Crippen LogP contribution in [-0.2, 0) is 0 Å². The van der Waals surface area contributed by atoms with Crippen LogP contribution in [-0.4, -0.2) is 5.78 Å². The summed E-state index contributed by atoms with van der Waals surface area (Å²) in [6.45, 7) is 4.18. The minimum absolute atomic E-state index is 0.00633. The first kappa shape index (κ1) is 14.9. The van der Waals surface area contributed by atoms with Gasteiger partial charge in [-0.1, -0.05) is 54.0 Å². The first-order valence-electron chi connectivity index (χ1n) is 6.65. The van der Waals surface area contributed by atoms with E-state index in [0.29, 0.717) is 17.0 Å². The van der Waals surface area contributed by atoms with Crippen LogP contribution in [0.15, 0.2) is 53.0 Å². The average Bonchev–Trinajstić information content (AvgIpc) is 2.46. The second kappa shape index (κ2) is 6.33. The highest BCUT2D eigenvalue weighted by Crippen LogP contribution is 2.20. The summed E-state index contributed by atoms with van der Waals surface area (Å²) in [5, 5.41) is 0. The van der Waals surface area contributed by atoms with Crippen molar-refractivity contribution in [3.05, 3.63) is 69.7 Å². The highest BCUT2D eigenvalue weighted by Gasteiger charge is 2.12. The predicted octanol–water partition coefficient (Wildman–Crippen LogP) is 4.34. The van der Waals surface area contributed by atoms with E-state index in [1.54, 1.807) is 0 Å². The molecule has 0 bridgehead atoms. The number of carbonyl (C=O) groups is 1. The lowest BCUT2D eigenvalue weighted by Crippen LogP contribution is -2.16. The molecule has 20 heavy (non-hydrogen) atoms. The minimum Gasteiger partial charge on any atom is -0.324 e. The number of ketones is 1. The zero-order valence-corrected chi connectivity index (χ0v) is 13.2. The van der Waals surface area contributed by atoms with Crippen molar-refractivity contribution in [2.45, 2.75) is 19.9 Å². The Bertz CT molecular complexity index is 587. The summed E-state index contributed by atoms with van der Waals surface area (Å²) in [4.78, 5) is 12.3. The van der Waals surface area contributed by atoms with Crippen molar-refractivity contribution in [1.29, 1.82) is 0 Å². The molecule has 3 heteroatoms. The standard InChI is InChI=1S/C17H18BrNO/c1-11(2)16(19)12-3-5-13(6-4-12)17(20)14-7-9-15(18)10-8-14/h3-11,16H,19H2,1-2H3/t16-/m0/s1. The van der Waals surface area contributed by atoms with Crippen molar-refractivity contribution in [3.63, 3.8) is 0 Å². The fourth-order valence-electron chi connectivity index (χ4n) is 2.01. The van der Waals surface area contributed by atoms with Crippen LogP contribution in [0.1, 0.15) is 41.4 Å². The van der Waals surface area contributed by atoms with Crippen LogP contribution >= 0.6 is 15.9 Å². The van der Waals surface area contributed by atoms with Gasteiger partial charge in [-0.3, -0.25) is 4.79 Å². The van der Waals surface area contributed by atoms with E-state index < -0.39 is 0 Å². The van der Waals surface area contributed by atoms with Gasteiger partial charge in [0.1, 0.15) is 0 Å². The first-order valence-corrected chi connectivity index (χ1v) is 7.44. The van der Waals surface area contributed by atoms with Gasteiger partial charge in [0, 0.05) is 21.6 Å². The number of carbonyl (C=O) groups excluding carboxylic acids is 1. The molecule has 0 aromatic heterocycles. The van der Waals surface area contributed by atoms with Gasteiger partial charge in [-0.15, -0.1) is 0 Å². The van der Waals surface area contributed by atoms with E-state index in [2.05, 4.69) is 29.8 Å². The summed E-state index contributed by atoms with van der Waals surface area (Å²) in [6.07, 6.45) is 0. The second-order valence-corrected chi connectivity index (χ2v) is 6.14. The third-order valence-electron chi connectivity index (χ3n) is 3.38. The number of rotatable bonds is 4. The normalized spacial score (nSPS) is 12.4. The Kier molecular flexibility index (Phi) is 4.73. The third kappa shape index (κ3) is 3.35. The van der Waals surface area contributed by atoms with E-state index in [9.17, 15) is 4.79 Å². The molecule has 2 aromatic rings. The van der Waals surface area contributed by atoms with Gasteiger partial charge in [-0.25, -0.2) is 0 Å². The molecule has 0 saturated carbocycles. The van der Waals surface area contributed by atoms with Gasteiger partial charge >= 0.3 is 0 Å². The van der Waals surface area contributed by atoms with Crippen LogP contribution in [0, 0.1) is 5.92 Å². The van der Waals surface area contributed by atoms with Gasteiger partial charge < -0.3 is 5.73 Å². The van der Waals surface area contributed by atoms with Crippen molar-refractivity contribution >= 4 is 21.7 Å². The van der Waals surface area contributed by atoms with Gasteiger partial charge in [0.2, 0.25) is 0 Å². The number of halogens is 1. The maximum Gasteiger partial charge on any atom is 0.193 e. The van der Waals surface area contributed by atoms with Crippen LogP contribution in [0.3, 0.4) is 0 Å². The summed E-state index contributed by atoms with van der Waals surface area (Å²) < 4.78 is 0.965. The summed E-state index contributed by atoms with van der Waals surface area (Å²) in [5.74, 6) is 0.408. The Morgan fingerprint density at radius 3 is 1.85 bits per heavy atom. The van der Waals surface area contributed by atoms with Crippen LogP contribution in [0.2, 0.25) is 0 Å². The van der Waals surface area contributed by atoms with E-state index >= 15 is 0 Å². The molecule has 0 heterocycles. The Morgan fingerprint density at radius 1 is 0.950 bits per heavy atom. The van der Waals surface area contributed by atoms with Crippen LogP contribution in [0.4, 0.5) is 0 Å². The van der Waals surface area contributed by atoms with E-state index in [4.69, 9.17) is 5.73 Å². The highest BCUT2D eigenvalue weighted by molar-refractivity contribution is 9.10. The number of hydrogen-bond acceptors (Lipinski definition) is 2. The summed E-state index contributed by atoms with van der Waals surface area (Å²) in [7, 11) is 0. The zero-order chi connectivity index (χ0) is 14.7. The molecule has 0 fully saturated rings. The van der Waals surface area contributed by atoms with Crippen LogP contribution < -0.4 is 5.73 Å². The van der Waals surface area contributed by atoms with Crippen molar-refractivity contribution in [3.8, 4) is 0 Å². The Hall–Kier alpha value is -1.45. The van der Waals surface area contributed by atoms with E-state index in [1.807, 2.05) is 48.5 Å². The maximum atomic E-state index is 12.3. The largest absolute Gasteiger partial charge is 0.324 e. The average molecular weight is 332 g/mol. The van der Waals surface area contributed by atoms with Gasteiger partial charge in [0.25, 0.3) is 0 Å². The number of benzene rings is 2. The molecule has 2 rings (SSSR count). The molecule has 0 saturated heterocycles. The summed E-state index contributed by atoms with van der Waals surface area (Å²) in [5.41, 5.74) is 8.54. The quantitative estimate of drug-likeness (QED) is 0.847. The number of nitrogens with two attached hydrogens (primary N) is 1. The first-order chi connectivity index (χ1) is 9.49. The topological polar surface area (TPSA) is 43.1 Å². The molecule has 0 aliphatic heterocycles. The van der Waals surface area contributed by atoms with Gasteiger partial charge in [-0.2, -0.15) is 0 Å². The molecule has 0 aliphatic rings. The molecule has 1 atom stereocenters. The van der Waals surface area contributed by atoms with E-state index in [1.165, 1.54) is 0 Å². The van der Waals surface area contributed by atoms with Crippen LogP contribution in [0.5, 0.6) is 0 Å². The van der Waals surface area contributed by atoms with E-state index in [0.717, 1.165) is 10.0 Å². The Labute approximate surface area is 128 Å². The van der Waals surface area contributed by atoms with Gasteiger partial charge in [0.15, 0.2) is 5.78 Å². The second-order valence-electron chi connectivity index (χ2n) is 5.23. The molecule has 104 valence electrons. The fraction of sp³-hybridized carbons (Fsp3) is 0.235. The minimum atomic E-state index is 0.00633. The van der Waals surface area contributed by atoms with Crippen molar-refractivity contribution in [2.24, 2.45) is 11.7 Å². The van der Waals surface area contributed by atoms with Gasteiger partial charge in [0.05, 0.1) is 0 Å². The Morgan fingerprint density at radius 2 is 1.40 bits per heavy atom. The zero-order valence-electron chi connectivity index (χ0n) is 11.6. The third-order valence-corrected chi connectivity index (χ3v) is 3.91. The van der Waals surface area contributed by atoms with Crippen LogP contribution in [0.25, 0.3) is 0 Å². The predicted molar refractivity (Wildman–Crippen MR) is 85.8 cm³/mol. The van der Waals surface area contributed by atoms with Crippen molar-refractivity contribution in [1.82, 2.24) is 0 Å². The van der Waals surface area contributed by atoms with Crippen molar-refractivity contribution in [2.75, 3.05) is 0 Å². The molecule has 0 amide bonds. The Balaban J connectivity index is 2.21. The molecule has 0 spiro atoms. The molecular weight excluding hydrogens is 314 g/mol. The fourth-order valence-corrected chi connectivity index (χ4v) is 2.27. The molecule has 2 aromatic carbocycles. The van der Waals surface area contributed by atoms with Crippen molar-refractivity contribution < 1.29 is 4.79 Å². The lowest BCUT2D eigenvalue weighted by atomic mass is 9.95. The highest BCUT2D eigenvalue weighted by atomic mass is 79.9. The number of hydrogen-bond donors (Lipinski definition) is 1. The lowest BCUT2D eigenvalue weighted by Gasteiger charge is -2.16. The summed E-state index contributed by atoms with van der Waals surface area (Å²) in [6, 6.07) is 15.0. The molecule has 2 nitrogen and oxygen atoms in total. The molecule has 0 radical (unpaired) electrons. The molecule has 0 unspecified atom stereocenters.